The third-order valence-corrected chi connectivity index (χ3v) is 3.78. The standard InChI is InChI=1S/C14H17ClN2O3/c15-9-5-6-12(18)11(7-9)14(20)17(8-13(16)19)10-3-1-2-4-10/h5-7,10,18H,1-4,8H2,(H2,16,19). The number of carbonyl (C=O) groups excluding carboxylic acids is 2. The van der Waals surface area contributed by atoms with Crippen molar-refractivity contribution in [3.8, 4) is 5.75 Å². The van der Waals surface area contributed by atoms with Crippen LogP contribution >= 0.6 is 11.6 Å². The van der Waals surface area contributed by atoms with Gasteiger partial charge in [-0.1, -0.05) is 24.4 Å². The van der Waals surface area contributed by atoms with Crippen LogP contribution in [0.1, 0.15) is 36.0 Å². The van der Waals surface area contributed by atoms with E-state index in [9.17, 15) is 14.7 Å². The second-order valence-electron chi connectivity index (χ2n) is 5.00. The number of carbonyl (C=O) groups is 2. The SMILES string of the molecule is NC(=O)CN(C(=O)c1cc(Cl)ccc1O)C1CCCC1. The predicted octanol–water partition coefficient (Wildman–Crippen LogP) is 1.92. The minimum absolute atomic E-state index is 0.00613. The summed E-state index contributed by atoms with van der Waals surface area (Å²) in [7, 11) is 0. The molecule has 1 aliphatic rings. The van der Waals surface area contributed by atoms with Crippen LogP contribution in [0.25, 0.3) is 0 Å². The van der Waals surface area contributed by atoms with Gasteiger partial charge in [0.25, 0.3) is 5.91 Å². The second-order valence-corrected chi connectivity index (χ2v) is 5.44. The van der Waals surface area contributed by atoms with E-state index in [-0.39, 0.29) is 23.9 Å². The van der Waals surface area contributed by atoms with E-state index in [1.807, 2.05) is 0 Å². The number of benzene rings is 1. The molecule has 1 aromatic rings. The van der Waals surface area contributed by atoms with Gasteiger partial charge >= 0.3 is 0 Å². The number of phenolic OH excluding ortho intramolecular Hbond substituents is 1. The van der Waals surface area contributed by atoms with Crippen molar-refractivity contribution in [2.75, 3.05) is 6.54 Å². The maximum absolute atomic E-state index is 12.5. The van der Waals surface area contributed by atoms with Crippen LogP contribution in [0.15, 0.2) is 18.2 Å². The molecule has 0 aromatic heterocycles. The molecule has 2 rings (SSSR count). The Kier molecular flexibility index (Phi) is 4.49. The molecule has 1 aromatic carbocycles. The Morgan fingerprint density at radius 3 is 2.60 bits per heavy atom. The summed E-state index contributed by atoms with van der Waals surface area (Å²) in [6.45, 7) is -0.143. The Morgan fingerprint density at radius 2 is 2.00 bits per heavy atom. The third kappa shape index (κ3) is 3.22. The molecule has 1 saturated carbocycles. The van der Waals surface area contributed by atoms with Crippen molar-refractivity contribution in [2.24, 2.45) is 5.73 Å². The van der Waals surface area contributed by atoms with E-state index >= 15 is 0 Å². The first-order valence-electron chi connectivity index (χ1n) is 6.57. The zero-order valence-corrected chi connectivity index (χ0v) is 11.8. The van der Waals surface area contributed by atoms with Gasteiger partial charge in [0.1, 0.15) is 5.75 Å². The zero-order chi connectivity index (χ0) is 14.7. The smallest absolute Gasteiger partial charge is 0.258 e. The van der Waals surface area contributed by atoms with E-state index in [2.05, 4.69) is 0 Å². The fourth-order valence-corrected chi connectivity index (χ4v) is 2.76. The quantitative estimate of drug-likeness (QED) is 0.890. The summed E-state index contributed by atoms with van der Waals surface area (Å²) in [4.78, 5) is 25.2. The van der Waals surface area contributed by atoms with Crippen molar-refractivity contribution in [1.82, 2.24) is 4.90 Å². The van der Waals surface area contributed by atoms with E-state index < -0.39 is 11.8 Å². The Morgan fingerprint density at radius 1 is 1.35 bits per heavy atom. The maximum atomic E-state index is 12.5. The highest BCUT2D eigenvalue weighted by Crippen LogP contribution is 2.28. The molecule has 108 valence electrons. The topological polar surface area (TPSA) is 83.6 Å². The molecule has 1 aliphatic carbocycles. The van der Waals surface area contributed by atoms with Gasteiger partial charge in [0.05, 0.1) is 12.1 Å². The fourth-order valence-electron chi connectivity index (χ4n) is 2.58. The molecule has 0 radical (unpaired) electrons. The lowest BCUT2D eigenvalue weighted by Gasteiger charge is -2.28. The molecule has 0 unspecified atom stereocenters. The number of amides is 2. The lowest BCUT2D eigenvalue weighted by Crippen LogP contribution is -2.44. The molecule has 5 nitrogen and oxygen atoms in total. The monoisotopic (exact) mass is 296 g/mol. The van der Waals surface area contributed by atoms with Crippen molar-refractivity contribution in [3.05, 3.63) is 28.8 Å². The average Bonchev–Trinajstić information content (AvgIpc) is 2.91. The Hall–Kier alpha value is -1.75. The van der Waals surface area contributed by atoms with Gasteiger partial charge in [0.2, 0.25) is 5.91 Å². The van der Waals surface area contributed by atoms with Crippen molar-refractivity contribution < 1.29 is 14.7 Å². The van der Waals surface area contributed by atoms with Gasteiger partial charge in [-0.3, -0.25) is 9.59 Å². The van der Waals surface area contributed by atoms with Gasteiger partial charge < -0.3 is 15.7 Å². The highest BCUT2D eigenvalue weighted by molar-refractivity contribution is 6.31. The van der Waals surface area contributed by atoms with Crippen molar-refractivity contribution in [1.29, 1.82) is 0 Å². The fraction of sp³-hybridized carbons (Fsp3) is 0.429. The molecule has 0 aliphatic heterocycles. The molecule has 0 saturated heterocycles. The Labute approximate surface area is 122 Å². The molecule has 3 N–H and O–H groups in total. The predicted molar refractivity (Wildman–Crippen MR) is 75.6 cm³/mol. The zero-order valence-electron chi connectivity index (χ0n) is 11.0. The number of halogens is 1. The Bertz CT molecular complexity index is 527. The molecule has 0 heterocycles. The van der Waals surface area contributed by atoms with E-state index in [1.54, 1.807) is 0 Å². The Balaban J connectivity index is 2.29. The van der Waals surface area contributed by atoms with Crippen LogP contribution in [0.5, 0.6) is 5.75 Å². The number of hydrogen-bond donors (Lipinski definition) is 2. The number of rotatable bonds is 4. The summed E-state index contributed by atoms with van der Waals surface area (Å²) in [5, 5.41) is 10.2. The van der Waals surface area contributed by atoms with E-state index in [4.69, 9.17) is 17.3 Å². The second kappa shape index (κ2) is 6.13. The van der Waals surface area contributed by atoms with Gasteiger partial charge in [0.15, 0.2) is 0 Å². The van der Waals surface area contributed by atoms with Crippen molar-refractivity contribution in [3.63, 3.8) is 0 Å². The lowest BCUT2D eigenvalue weighted by molar-refractivity contribution is -0.119. The van der Waals surface area contributed by atoms with Crippen LogP contribution in [-0.2, 0) is 4.79 Å². The first-order chi connectivity index (χ1) is 9.49. The normalized spacial score (nSPS) is 15.2. The minimum atomic E-state index is -0.563. The summed E-state index contributed by atoms with van der Waals surface area (Å²) < 4.78 is 0. The van der Waals surface area contributed by atoms with Crippen molar-refractivity contribution >= 4 is 23.4 Å². The van der Waals surface area contributed by atoms with Gasteiger partial charge in [0, 0.05) is 11.1 Å². The molecule has 20 heavy (non-hydrogen) atoms. The van der Waals surface area contributed by atoms with Crippen LogP contribution in [-0.4, -0.2) is 34.4 Å². The number of nitrogens with two attached hydrogens (primary N) is 1. The average molecular weight is 297 g/mol. The summed E-state index contributed by atoms with van der Waals surface area (Å²) in [6.07, 6.45) is 3.74. The largest absolute Gasteiger partial charge is 0.507 e. The highest BCUT2D eigenvalue weighted by atomic mass is 35.5. The first-order valence-corrected chi connectivity index (χ1v) is 6.94. The van der Waals surface area contributed by atoms with Crippen LogP contribution in [0.3, 0.4) is 0 Å². The van der Waals surface area contributed by atoms with Crippen LogP contribution < -0.4 is 5.73 Å². The van der Waals surface area contributed by atoms with E-state index in [0.29, 0.717) is 5.02 Å². The third-order valence-electron chi connectivity index (χ3n) is 3.54. The minimum Gasteiger partial charge on any atom is -0.507 e. The number of hydrogen-bond acceptors (Lipinski definition) is 3. The molecule has 2 amide bonds. The summed E-state index contributed by atoms with van der Waals surface area (Å²) >= 11 is 5.86. The summed E-state index contributed by atoms with van der Waals surface area (Å²) in [5.74, 6) is -1.12. The molecular weight excluding hydrogens is 280 g/mol. The first kappa shape index (κ1) is 14.7. The number of phenols is 1. The maximum Gasteiger partial charge on any atom is 0.258 e. The molecule has 0 spiro atoms. The highest BCUT2D eigenvalue weighted by Gasteiger charge is 2.29. The summed E-state index contributed by atoms with van der Waals surface area (Å²) in [5.41, 5.74) is 5.33. The lowest BCUT2D eigenvalue weighted by atomic mass is 10.1. The van der Waals surface area contributed by atoms with Crippen molar-refractivity contribution in [2.45, 2.75) is 31.7 Å². The summed E-state index contributed by atoms with van der Waals surface area (Å²) in [6, 6.07) is 4.27. The van der Waals surface area contributed by atoms with Gasteiger partial charge in [-0.05, 0) is 31.0 Å². The number of nitrogens with zero attached hydrogens (tertiary/aromatic N) is 1. The van der Waals surface area contributed by atoms with Crippen LogP contribution in [0, 0.1) is 0 Å². The van der Waals surface area contributed by atoms with Gasteiger partial charge in [-0.25, -0.2) is 0 Å². The molecule has 0 atom stereocenters. The molecule has 6 heteroatoms. The van der Waals surface area contributed by atoms with E-state index in [0.717, 1.165) is 25.7 Å². The molecular formula is C14H17ClN2O3. The number of primary amides is 1. The molecule has 0 bridgehead atoms. The molecule has 1 fully saturated rings. The van der Waals surface area contributed by atoms with E-state index in [1.165, 1.54) is 23.1 Å². The van der Waals surface area contributed by atoms with Crippen LogP contribution in [0.4, 0.5) is 0 Å². The van der Waals surface area contributed by atoms with Gasteiger partial charge in [-0.2, -0.15) is 0 Å². The number of aromatic hydroxyl groups is 1. The van der Waals surface area contributed by atoms with Gasteiger partial charge in [-0.15, -0.1) is 0 Å². The van der Waals surface area contributed by atoms with Crippen LogP contribution in [0.2, 0.25) is 5.02 Å².